The standard InChI is InChI=1S/C15H12FN3O/c16-11-6-7-13-12(9-11)15(19-18-13)17-14(20)8-10-4-2-1-3-5-10/h1-7,9H,8H2,(H2,17,18,19,20). The van der Waals surface area contributed by atoms with Crippen molar-refractivity contribution >= 4 is 22.6 Å². The van der Waals surface area contributed by atoms with E-state index in [9.17, 15) is 9.18 Å². The summed E-state index contributed by atoms with van der Waals surface area (Å²) in [5.41, 5.74) is 1.59. The van der Waals surface area contributed by atoms with Crippen LogP contribution in [0.15, 0.2) is 48.5 Å². The van der Waals surface area contributed by atoms with Gasteiger partial charge in [-0.05, 0) is 23.8 Å². The van der Waals surface area contributed by atoms with Gasteiger partial charge in [-0.25, -0.2) is 4.39 Å². The summed E-state index contributed by atoms with van der Waals surface area (Å²) in [7, 11) is 0. The second-order valence-corrected chi connectivity index (χ2v) is 4.47. The molecule has 2 N–H and O–H groups in total. The van der Waals surface area contributed by atoms with Crippen LogP contribution in [0.4, 0.5) is 10.2 Å². The van der Waals surface area contributed by atoms with Crippen LogP contribution in [-0.4, -0.2) is 16.1 Å². The van der Waals surface area contributed by atoms with Gasteiger partial charge in [0.15, 0.2) is 5.82 Å². The van der Waals surface area contributed by atoms with E-state index in [0.29, 0.717) is 16.7 Å². The predicted octanol–water partition coefficient (Wildman–Crippen LogP) is 2.88. The number of anilines is 1. The summed E-state index contributed by atoms with van der Waals surface area (Å²) in [6.45, 7) is 0. The van der Waals surface area contributed by atoms with Gasteiger partial charge in [0.25, 0.3) is 0 Å². The van der Waals surface area contributed by atoms with Crippen LogP contribution in [0.5, 0.6) is 0 Å². The van der Waals surface area contributed by atoms with Gasteiger partial charge in [0.2, 0.25) is 5.91 Å². The van der Waals surface area contributed by atoms with E-state index in [0.717, 1.165) is 5.56 Å². The SMILES string of the molecule is O=C(Cc1ccccc1)Nc1n[nH]c2ccc(F)cc12. The molecule has 0 aliphatic carbocycles. The Morgan fingerprint density at radius 3 is 2.80 bits per heavy atom. The normalized spacial score (nSPS) is 10.7. The first-order valence-corrected chi connectivity index (χ1v) is 6.20. The molecule has 2 aromatic carbocycles. The number of H-pyrrole nitrogens is 1. The Kier molecular flexibility index (Phi) is 3.16. The van der Waals surface area contributed by atoms with Crippen LogP contribution in [0.3, 0.4) is 0 Å². The molecule has 3 aromatic rings. The molecule has 1 amide bonds. The molecule has 100 valence electrons. The number of hydrogen-bond acceptors (Lipinski definition) is 2. The zero-order valence-corrected chi connectivity index (χ0v) is 10.6. The van der Waals surface area contributed by atoms with Gasteiger partial charge in [0, 0.05) is 5.39 Å². The first-order valence-electron chi connectivity index (χ1n) is 6.20. The van der Waals surface area contributed by atoms with E-state index in [4.69, 9.17) is 0 Å². The van der Waals surface area contributed by atoms with E-state index < -0.39 is 0 Å². The maximum Gasteiger partial charge on any atom is 0.230 e. The lowest BCUT2D eigenvalue weighted by atomic mass is 10.1. The molecule has 5 heteroatoms. The fourth-order valence-corrected chi connectivity index (χ4v) is 2.04. The zero-order valence-electron chi connectivity index (χ0n) is 10.6. The Morgan fingerprint density at radius 1 is 1.20 bits per heavy atom. The van der Waals surface area contributed by atoms with Gasteiger partial charge < -0.3 is 5.32 Å². The third-order valence-corrected chi connectivity index (χ3v) is 2.99. The molecule has 0 spiro atoms. The molecule has 1 heterocycles. The molecule has 0 unspecified atom stereocenters. The number of nitrogens with zero attached hydrogens (tertiary/aromatic N) is 1. The van der Waals surface area contributed by atoms with E-state index in [1.54, 1.807) is 6.07 Å². The molecular formula is C15H12FN3O. The van der Waals surface area contributed by atoms with Crippen LogP contribution in [0.25, 0.3) is 10.9 Å². The van der Waals surface area contributed by atoms with Gasteiger partial charge in [-0.2, -0.15) is 5.10 Å². The Balaban J connectivity index is 1.79. The van der Waals surface area contributed by atoms with Gasteiger partial charge >= 0.3 is 0 Å². The van der Waals surface area contributed by atoms with Crippen molar-refractivity contribution in [3.05, 3.63) is 59.9 Å². The lowest BCUT2D eigenvalue weighted by molar-refractivity contribution is -0.115. The topological polar surface area (TPSA) is 57.8 Å². The number of amides is 1. The number of fused-ring (bicyclic) bond motifs is 1. The molecular weight excluding hydrogens is 257 g/mol. The Bertz CT molecular complexity index is 752. The average molecular weight is 269 g/mol. The van der Waals surface area contributed by atoms with E-state index >= 15 is 0 Å². The van der Waals surface area contributed by atoms with Crippen molar-refractivity contribution in [3.63, 3.8) is 0 Å². The molecule has 3 rings (SSSR count). The van der Waals surface area contributed by atoms with Gasteiger partial charge in [-0.15, -0.1) is 0 Å². The summed E-state index contributed by atoms with van der Waals surface area (Å²) >= 11 is 0. The van der Waals surface area contributed by atoms with Crippen LogP contribution in [-0.2, 0) is 11.2 Å². The van der Waals surface area contributed by atoms with Crippen molar-refractivity contribution in [2.45, 2.75) is 6.42 Å². The number of aromatic nitrogens is 2. The third-order valence-electron chi connectivity index (χ3n) is 2.99. The van der Waals surface area contributed by atoms with Crippen LogP contribution >= 0.6 is 0 Å². The Labute approximate surface area is 114 Å². The summed E-state index contributed by atoms with van der Waals surface area (Å²) in [5, 5.41) is 10.0. The molecule has 4 nitrogen and oxygen atoms in total. The summed E-state index contributed by atoms with van der Waals surface area (Å²) < 4.78 is 13.2. The van der Waals surface area contributed by atoms with Crippen molar-refractivity contribution < 1.29 is 9.18 Å². The lowest BCUT2D eigenvalue weighted by Crippen LogP contribution is -2.14. The second-order valence-electron chi connectivity index (χ2n) is 4.47. The summed E-state index contributed by atoms with van der Waals surface area (Å²) in [5.74, 6) is -0.202. The summed E-state index contributed by atoms with van der Waals surface area (Å²) in [6, 6.07) is 13.7. The fraction of sp³-hybridized carbons (Fsp3) is 0.0667. The van der Waals surface area contributed by atoms with Gasteiger partial charge in [-0.3, -0.25) is 9.89 Å². The first kappa shape index (κ1) is 12.3. The van der Waals surface area contributed by atoms with Crippen LogP contribution in [0.2, 0.25) is 0 Å². The number of nitrogens with one attached hydrogen (secondary N) is 2. The molecule has 1 aromatic heterocycles. The number of hydrogen-bond donors (Lipinski definition) is 2. The number of benzene rings is 2. The number of aromatic amines is 1. The quantitative estimate of drug-likeness (QED) is 0.768. The largest absolute Gasteiger partial charge is 0.308 e. The van der Waals surface area contributed by atoms with Crippen molar-refractivity contribution in [1.29, 1.82) is 0 Å². The van der Waals surface area contributed by atoms with E-state index in [1.165, 1.54) is 12.1 Å². The van der Waals surface area contributed by atoms with Crippen molar-refractivity contribution in [3.8, 4) is 0 Å². The molecule has 0 saturated heterocycles. The molecule has 0 aliphatic rings. The van der Waals surface area contributed by atoms with Crippen LogP contribution in [0, 0.1) is 5.82 Å². The maximum atomic E-state index is 13.2. The zero-order chi connectivity index (χ0) is 13.9. The monoisotopic (exact) mass is 269 g/mol. The summed E-state index contributed by atoms with van der Waals surface area (Å²) in [4.78, 5) is 11.9. The molecule has 20 heavy (non-hydrogen) atoms. The van der Waals surface area contributed by atoms with Crippen molar-refractivity contribution in [2.24, 2.45) is 0 Å². The number of halogens is 1. The molecule has 0 saturated carbocycles. The smallest absolute Gasteiger partial charge is 0.230 e. The number of carbonyl (C=O) groups is 1. The van der Waals surface area contributed by atoms with Crippen molar-refractivity contribution in [1.82, 2.24) is 10.2 Å². The van der Waals surface area contributed by atoms with Gasteiger partial charge in [-0.1, -0.05) is 30.3 Å². The van der Waals surface area contributed by atoms with Gasteiger partial charge in [0.1, 0.15) is 5.82 Å². The minimum atomic E-state index is -0.363. The Hall–Kier alpha value is -2.69. The van der Waals surface area contributed by atoms with E-state index in [1.807, 2.05) is 30.3 Å². The highest BCUT2D eigenvalue weighted by atomic mass is 19.1. The molecule has 0 radical (unpaired) electrons. The molecule has 0 fully saturated rings. The molecule has 0 aliphatic heterocycles. The minimum Gasteiger partial charge on any atom is -0.308 e. The number of rotatable bonds is 3. The third kappa shape index (κ3) is 2.51. The molecule has 0 bridgehead atoms. The predicted molar refractivity (Wildman–Crippen MR) is 74.8 cm³/mol. The lowest BCUT2D eigenvalue weighted by Gasteiger charge is -2.02. The second kappa shape index (κ2) is 5.13. The number of carbonyl (C=O) groups excluding carboxylic acids is 1. The van der Waals surface area contributed by atoms with Gasteiger partial charge in [0.05, 0.1) is 11.9 Å². The van der Waals surface area contributed by atoms with Crippen molar-refractivity contribution in [2.75, 3.05) is 5.32 Å². The Morgan fingerprint density at radius 2 is 2.00 bits per heavy atom. The highest BCUT2D eigenvalue weighted by molar-refractivity contribution is 6.00. The minimum absolute atomic E-state index is 0.186. The average Bonchev–Trinajstić information content (AvgIpc) is 2.82. The van der Waals surface area contributed by atoms with E-state index in [2.05, 4.69) is 15.5 Å². The maximum absolute atomic E-state index is 13.2. The van der Waals surface area contributed by atoms with Crippen LogP contribution in [0.1, 0.15) is 5.56 Å². The summed E-state index contributed by atoms with van der Waals surface area (Å²) in [6.07, 6.45) is 0.254. The highest BCUT2D eigenvalue weighted by Crippen LogP contribution is 2.21. The highest BCUT2D eigenvalue weighted by Gasteiger charge is 2.10. The fourth-order valence-electron chi connectivity index (χ4n) is 2.04. The first-order chi connectivity index (χ1) is 9.72. The van der Waals surface area contributed by atoms with Crippen LogP contribution < -0.4 is 5.32 Å². The molecule has 0 atom stereocenters. The van der Waals surface area contributed by atoms with E-state index in [-0.39, 0.29) is 18.1 Å².